The van der Waals surface area contributed by atoms with Crippen LogP contribution in [0, 0.1) is 13.8 Å². The molecule has 4 rings (SSSR count). The van der Waals surface area contributed by atoms with Gasteiger partial charge < -0.3 is 15.0 Å². The number of aryl methyl sites for hydroxylation is 2. The fraction of sp³-hybridized carbons (Fsp3) is 0.300. The van der Waals surface area contributed by atoms with E-state index in [0.29, 0.717) is 5.95 Å². The van der Waals surface area contributed by atoms with Crippen LogP contribution in [0.15, 0.2) is 42.5 Å². The maximum atomic E-state index is 5.40. The number of morpholine rings is 1. The summed E-state index contributed by atoms with van der Waals surface area (Å²) in [4.78, 5) is 6.89. The van der Waals surface area contributed by atoms with E-state index in [4.69, 9.17) is 4.74 Å². The highest BCUT2D eigenvalue weighted by Crippen LogP contribution is 2.23. The van der Waals surface area contributed by atoms with Gasteiger partial charge in [-0.2, -0.15) is 4.98 Å². The van der Waals surface area contributed by atoms with Gasteiger partial charge in [-0.25, -0.2) is 0 Å². The number of benzene rings is 2. The summed E-state index contributed by atoms with van der Waals surface area (Å²) in [5.74, 6) is 1.33. The largest absolute Gasteiger partial charge is 0.378 e. The first-order valence-corrected chi connectivity index (χ1v) is 8.89. The lowest BCUT2D eigenvalue weighted by atomic mass is 10.1. The van der Waals surface area contributed by atoms with Gasteiger partial charge in [-0.15, -0.1) is 5.10 Å². The van der Waals surface area contributed by atoms with E-state index in [1.165, 1.54) is 16.8 Å². The Balaban J connectivity index is 1.46. The molecule has 6 heteroatoms. The van der Waals surface area contributed by atoms with Crippen molar-refractivity contribution in [3.63, 3.8) is 0 Å². The Morgan fingerprint density at radius 3 is 2.50 bits per heavy atom. The Morgan fingerprint density at radius 1 is 1.00 bits per heavy atom. The number of nitrogens with zero attached hydrogens (tertiary/aromatic N) is 3. The number of hydrogen-bond acceptors (Lipinski definition) is 5. The molecular weight excluding hydrogens is 326 g/mol. The summed E-state index contributed by atoms with van der Waals surface area (Å²) in [6.45, 7) is 7.66. The molecule has 2 aromatic carbocycles. The van der Waals surface area contributed by atoms with Crippen LogP contribution in [0.25, 0.3) is 11.4 Å². The summed E-state index contributed by atoms with van der Waals surface area (Å²) >= 11 is 0. The van der Waals surface area contributed by atoms with Crippen LogP contribution < -0.4 is 10.2 Å². The molecule has 6 nitrogen and oxygen atoms in total. The first-order chi connectivity index (χ1) is 12.7. The van der Waals surface area contributed by atoms with Gasteiger partial charge >= 0.3 is 0 Å². The Bertz CT molecular complexity index is 881. The van der Waals surface area contributed by atoms with E-state index in [-0.39, 0.29) is 0 Å². The molecule has 1 aromatic heterocycles. The number of hydrogen-bond donors (Lipinski definition) is 2. The van der Waals surface area contributed by atoms with Gasteiger partial charge in [0, 0.05) is 30.0 Å². The SMILES string of the molecule is Cc1ccc(-c2nc(Nc3ccc(N4CCOCC4)cc3)n[nH]2)cc1C. The van der Waals surface area contributed by atoms with E-state index < -0.39 is 0 Å². The van der Waals surface area contributed by atoms with Crippen LogP contribution in [0.4, 0.5) is 17.3 Å². The number of H-pyrrole nitrogens is 1. The zero-order valence-corrected chi connectivity index (χ0v) is 15.1. The average molecular weight is 349 g/mol. The normalized spacial score (nSPS) is 14.5. The lowest BCUT2D eigenvalue weighted by Gasteiger charge is -2.28. The molecule has 1 aliphatic heterocycles. The predicted molar refractivity (Wildman–Crippen MR) is 104 cm³/mol. The maximum Gasteiger partial charge on any atom is 0.246 e. The zero-order valence-electron chi connectivity index (χ0n) is 15.1. The highest BCUT2D eigenvalue weighted by atomic mass is 16.5. The zero-order chi connectivity index (χ0) is 17.9. The molecular formula is C20H23N5O. The molecule has 3 aromatic rings. The Labute approximate surface area is 153 Å². The van der Waals surface area contributed by atoms with Crippen LogP contribution in [0.2, 0.25) is 0 Å². The fourth-order valence-electron chi connectivity index (χ4n) is 3.04. The topological polar surface area (TPSA) is 66.1 Å². The number of nitrogens with one attached hydrogen (secondary N) is 2. The van der Waals surface area contributed by atoms with Crippen molar-refractivity contribution in [3.8, 4) is 11.4 Å². The molecule has 1 saturated heterocycles. The first-order valence-electron chi connectivity index (χ1n) is 8.89. The second-order valence-corrected chi connectivity index (χ2v) is 6.58. The van der Waals surface area contributed by atoms with Gasteiger partial charge in [-0.3, -0.25) is 5.10 Å². The van der Waals surface area contributed by atoms with Gasteiger partial charge in [-0.05, 0) is 55.3 Å². The Morgan fingerprint density at radius 2 is 1.77 bits per heavy atom. The molecule has 0 spiro atoms. The molecule has 2 heterocycles. The van der Waals surface area contributed by atoms with Gasteiger partial charge in [0.1, 0.15) is 0 Å². The maximum absolute atomic E-state index is 5.40. The minimum atomic E-state index is 0.567. The van der Waals surface area contributed by atoms with Crippen LogP contribution in [0.5, 0.6) is 0 Å². The van der Waals surface area contributed by atoms with Crippen molar-refractivity contribution in [2.75, 3.05) is 36.5 Å². The summed E-state index contributed by atoms with van der Waals surface area (Å²) in [7, 11) is 0. The van der Waals surface area contributed by atoms with Crippen LogP contribution in [-0.2, 0) is 4.74 Å². The van der Waals surface area contributed by atoms with Gasteiger partial charge in [0.25, 0.3) is 0 Å². The van der Waals surface area contributed by atoms with E-state index in [9.17, 15) is 0 Å². The molecule has 1 fully saturated rings. The van der Waals surface area contributed by atoms with Crippen molar-refractivity contribution in [2.45, 2.75) is 13.8 Å². The van der Waals surface area contributed by atoms with Crippen molar-refractivity contribution < 1.29 is 4.74 Å². The van der Waals surface area contributed by atoms with E-state index >= 15 is 0 Å². The van der Waals surface area contributed by atoms with E-state index in [2.05, 4.69) is 81.7 Å². The molecule has 2 N–H and O–H groups in total. The molecule has 1 aliphatic rings. The quantitative estimate of drug-likeness (QED) is 0.752. The van der Waals surface area contributed by atoms with E-state index in [0.717, 1.165) is 43.4 Å². The predicted octanol–water partition coefficient (Wildman–Crippen LogP) is 3.67. The van der Waals surface area contributed by atoms with E-state index in [1.807, 2.05) is 0 Å². The van der Waals surface area contributed by atoms with Crippen molar-refractivity contribution in [1.29, 1.82) is 0 Å². The number of aromatic amines is 1. The smallest absolute Gasteiger partial charge is 0.246 e. The monoisotopic (exact) mass is 349 g/mol. The highest BCUT2D eigenvalue weighted by molar-refractivity contribution is 5.62. The minimum absolute atomic E-state index is 0.567. The van der Waals surface area contributed by atoms with Crippen molar-refractivity contribution in [1.82, 2.24) is 15.2 Å². The number of aromatic nitrogens is 3. The van der Waals surface area contributed by atoms with Crippen molar-refractivity contribution in [2.24, 2.45) is 0 Å². The summed E-state index contributed by atoms with van der Waals surface area (Å²) in [5, 5.41) is 10.5. The van der Waals surface area contributed by atoms with Crippen molar-refractivity contribution in [3.05, 3.63) is 53.6 Å². The second kappa shape index (κ2) is 7.17. The molecule has 0 amide bonds. The standard InChI is InChI=1S/C20H23N5O/c1-14-3-4-16(13-15(14)2)19-22-20(24-23-19)21-17-5-7-18(8-6-17)25-9-11-26-12-10-25/h3-8,13H,9-12H2,1-2H3,(H2,21,22,23,24). The molecule has 0 unspecified atom stereocenters. The number of ether oxygens (including phenoxy) is 1. The minimum Gasteiger partial charge on any atom is -0.378 e. The first kappa shape index (κ1) is 16.6. The van der Waals surface area contributed by atoms with Gasteiger partial charge in [0.15, 0.2) is 5.82 Å². The molecule has 0 atom stereocenters. The number of rotatable bonds is 4. The molecule has 134 valence electrons. The van der Waals surface area contributed by atoms with Gasteiger partial charge in [0.2, 0.25) is 5.95 Å². The van der Waals surface area contributed by atoms with Crippen molar-refractivity contribution >= 4 is 17.3 Å². The fourth-order valence-corrected chi connectivity index (χ4v) is 3.04. The summed E-state index contributed by atoms with van der Waals surface area (Å²) in [6.07, 6.45) is 0. The second-order valence-electron chi connectivity index (χ2n) is 6.58. The third kappa shape index (κ3) is 3.55. The molecule has 0 radical (unpaired) electrons. The molecule has 0 saturated carbocycles. The summed E-state index contributed by atoms with van der Waals surface area (Å²) in [6, 6.07) is 14.6. The average Bonchev–Trinajstić information content (AvgIpc) is 3.14. The van der Waals surface area contributed by atoms with Crippen LogP contribution in [0.1, 0.15) is 11.1 Å². The molecule has 0 bridgehead atoms. The summed E-state index contributed by atoms with van der Waals surface area (Å²) in [5.41, 5.74) is 5.73. The summed E-state index contributed by atoms with van der Waals surface area (Å²) < 4.78 is 5.40. The van der Waals surface area contributed by atoms with Gasteiger partial charge in [-0.1, -0.05) is 12.1 Å². The van der Waals surface area contributed by atoms with Crippen LogP contribution in [0.3, 0.4) is 0 Å². The lowest BCUT2D eigenvalue weighted by Crippen LogP contribution is -2.36. The molecule has 26 heavy (non-hydrogen) atoms. The lowest BCUT2D eigenvalue weighted by molar-refractivity contribution is 0.122. The van der Waals surface area contributed by atoms with Crippen LogP contribution in [-0.4, -0.2) is 41.5 Å². The molecule has 0 aliphatic carbocycles. The van der Waals surface area contributed by atoms with Gasteiger partial charge in [0.05, 0.1) is 13.2 Å². The third-order valence-corrected chi connectivity index (χ3v) is 4.77. The highest BCUT2D eigenvalue weighted by Gasteiger charge is 2.11. The third-order valence-electron chi connectivity index (χ3n) is 4.77. The van der Waals surface area contributed by atoms with Crippen LogP contribution >= 0.6 is 0 Å². The number of anilines is 3. The van der Waals surface area contributed by atoms with E-state index in [1.54, 1.807) is 0 Å². The Kier molecular flexibility index (Phi) is 4.58. The Hall–Kier alpha value is -2.86.